The maximum atomic E-state index is 11.4. The molecule has 0 aliphatic heterocycles. The number of amides is 1. The third kappa shape index (κ3) is 6.28. The van der Waals surface area contributed by atoms with Crippen LogP contribution in [0.1, 0.15) is 12.8 Å². The van der Waals surface area contributed by atoms with Gasteiger partial charge in [-0.2, -0.15) is 0 Å². The number of nitrogens with one attached hydrogen (secondary N) is 1. The molecule has 0 spiro atoms. The van der Waals surface area contributed by atoms with Crippen LogP contribution in [0.4, 0.5) is 0 Å². The predicted octanol–water partition coefficient (Wildman–Crippen LogP) is 1.72. The van der Waals surface area contributed by atoms with Gasteiger partial charge in [-0.05, 0) is 31.0 Å². The Morgan fingerprint density at radius 2 is 2.24 bits per heavy atom. The van der Waals surface area contributed by atoms with E-state index in [1.54, 1.807) is 12.1 Å². The Hall–Kier alpha value is -1.07. The molecule has 5 heteroatoms. The second-order valence-electron chi connectivity index (χ2n) is 3.53. The van der Waals surface area contributed by atoms with Gasteiger partial charge in [-0.1, -0.05) is 22.0 Å². The van der Waals surface area contributed by atoms with Gasteiger partial charge in [-0.15, -0.1) is 0 Å². The van der Waals surface area contributed by atoms with Crippen LogP contribution in [0.2, 0.25) is 0 Å². The van der Waals surface area contributed by atoms with Gasteiger partial charge in [0.05, 0.1) is 0 Å². The van der Waals surface area contributed by atoms with Crippen molar-refractivity contribution in [3.8, 4) is 5.75 Å². The van der Waals surface area contributed by atoms with Crippen LogP contribution in [0.5, 0.6) is 5.75 Å². The van der Waals surface area contributed by atoms with Crippen LogP contribution in [0.3, 0.4) is 0 Å². The molecule has 4 nitrogen and oxygen atoms in total. The Morgan fingerprint density at radius 3 is 2.94 bits per heavy atom. The Labute approximate surface area is 109 Å². The lowest BCUT2D eigenvalue weighted by atomic mass is 10.3. The minimum absolute atomic E-state index is 0.00950. The van der Waals surface area contributed by atoms with Crippen molar-refractivity contribution in [3.05, 3.63) is 28.7 Å². The smallest absolute Gasteiger partial charge is 0.257 e. The lowest BCUT2D eigenvalue weighted by Crippen LogP contribution is -2.29. The van der Waals surface area contributed by atoms with E-state index in [4.69, 9.17) is 9.84 Å². The average Bonchev–Trinajstić information content (AvgIpc) is 2.32. The van der Waals surface area contributed by atoms with Crippen LogP contribution in [0, 0.1) is 0 Å². The third-order valence-corrected chi connectivity index (χ3v) is 2.57. The summed E-state index contributed by atoms with van der Waals surface area (Å²) in [5.74, 6) is 0.507. The molecular formula is C12H16BrNO3. The number of unbranched alkanes of at least 4 members (excludes halogenated alkanes) is 1. The zero-order valence-electron chi connectivity index (χ0n) is 9.49. The number of rotatable bonds is 7. The minimum Gasteiger partial charge on any atom is -0.484 e. The third-order valence-electron chi connectivity index (χ3n) is 2.07. The summed E-state index contributed by atoms with van der Waals surface area (Å²) in [6.07, 6.45) is 1.48. The summed E-state index contributed by atoms with van der Waals surface area (Å²) < 4.78 is 6.23. The molecule has 0 aliphatic carbocycles. The fourth-order valence-corrected chi connectivity index (χ4v) is 1.60. The molecule has 0 radical (unpaired) electrons. The van der Waals surface area contributed by atoms with Crippen molar-refractivity contribution in [1.82, 2.24) is 5.32 Å². The van der Waals surface area contributed by atoms with E-state index in [2.05, 4.69) is 21.2 Å². The lowest BCUT2D eigenvalue weighted by Gasteiger charge is -2.07. The molecule has 1 aromatic carbocycles. The van der Waals surface area contributed by atoms with Crippen molar-refractivity contribution in [3.63, 3.8) is 0 Å². The first kappa shape index (κ1) is 14.0. The Bertz CT molecular complexity index is 357. The van der Waals surface area contributed by atoms with Gasteiger partial charge in [0.2, 0.25) is 0 Å². The summed E-state index contributed by atoms with van der Waals surface area (Å²) in [4.78, 5) is 11.4. The van der Waals surface area contributed by atoms with Crippen molar-refractivity contribution in [2.75, 3.05) is 19.8 Å². The molecule has 0 atom stereocenters. The molecule has 0 aromatic heterocycles. The molecule has 0 saturated heterocycles. The van der Waals surface area contributed by atoms with Gasteiger partial charge < -0.3 is 15.2 Å². The van der Waals surface area contributed by atoms with E-state index in [0.717, 1.165) is 10.9 Å². The zero-order valence-corrected chi connectivity index (χ0v) is 11.1. The normalized spacial score (nSPS) is 10.0. The summed E-state index contributed by atoms with van der Waals surface area (Å²) >= 11 is 3.32. The Morgan fingerprint density at radius 1 is 1.41 bits per heavy atom. The molecule has 0 bridgehead atoms. The van der Waals surface area contributed by atoms with Gasteiger partial charge in [0.1, 0.15) is 5.75 Å². The van der Waals surface area contributed by atoms with Crippen LogP contribution in [-0.4, -0.2) is 30.8 Å². The minimum atomic E-state index is -0.150. The number of carbonyl (C=O) groups excluding carboxylic acids is 1. The molecule has 1 amide bonds. The first-order valence-electron chi connectivity index (χ1n) is 5.48. The van der Waals surface area contributed by atoms with E-state index in [9.17, 15) is 4.79 Å². The predicted molar refractivity (Wildman–Crippen MR) is 69.0 cm³/mol. The number of hydrogen-bond donors (Lipinski definition) is 2. The van der Waals surface area contributed by atoms with Gasteiger partial charge in [-0.3, -0.25) is 4.79 Å². The van der Waals surface area contributed by atoms with E-state index in [1.165, 1.54) is 0 Å². The highest BCUT2D eigenvalue weighted by atomic mass is 79.9. The van der Waals surface area contributed by atoms with Gasteiger partial charge in [-0.25, -0.2) is 0 Å². The molecule has 94 valence electrons. The topological polar surface area (TPSA) is 58.6 Å². The SMILES string of the molecule is O=C(COc1cccc(Br)c1)NCCCCO. The van der Waals surface area contributed by atoms with Crippen molar-refractivity contribution in [2.24, 2.45) is 0 Å². The summed E-state index contributed by atoms with van der Waals surface area (Å²) in [6, 6.07) is 7.34. The Balaban J connectivity index is 2.19. The first-order chi connectivity index (χ1) is 8.22. The molecule has 1 rings (SSSR count). The molecule has 2 N–H and O–H groups in total. The van der Waals surface area contributed by atoms with Gasteiger partial charge in [0.15, 0.2) is 6.61 Å². The van der Waals surface area contributed by atoms with Gasteiger partial charge in [0.25, 0.3) is 5.91 Å². The summed E-state index contributed by atoms with van der Waals surface area (Å²) in [5, 5.41) is 11.3. The van der Waals surface area contributed by atoms with Crippen LogP contribution < -0.4 is 10.1 Å². The van der Waals surface area contributed by atoms with Crippen LogP contribution in [-0.2, 0) is 4.79 Å². The van der Waals surface area contributed by atoms with Crippen molar-refractivity contribution in [1.29, 1.82) is 0 Å². The quantitative estimate of drug-likeness (QED) is 0.754. The molecule has 0 aliphatic rings. The van der Waals surface area contributed by atoms with Crippen LogP contribution in [0.25, 0.3) is 0 Å². The molecular weight excluding hydrogens is 286 g/mol. The molecule has 0 heterocycles. The van der Waals surface area contributed by atoms with E-state index >= 15 is 0 Å². The number of aliphatic hydroxyl groups excluding tert-OH is 1. The number of halogens is 1. The summed E-state index contributed by atoms with van der Waals surface area (Å²) in [6.45, 7) is 0.737. The number of benzene rings is 1. The van der Waals surface area contributed by atoms with Gasteiger partial charge >= 0.3 is 0 Å². The van der Waals surface area contributed by atoms with Crippen LogP contribution in [0.15, 0.2) is 28.7 Å². The van der Waals surface area contributed by atoms with E-state index in [-0.39, 0.29) is 19.1 Å². The summed E-state index contributed by atoms with van der Waals surface area (Å²) in [7, 11) is 0. The number of carbonyl (C=O) groups is 1. The van der Waals surface area contributed by atoms with E-state index < -0.39 is 0 Å². The highest BCUT2D eigenvalue weighted by molar-refractivity contribution is 9.10. The van der Waals surface area contributed by atoms with Crippen molar-refractivity contribution < 1.29 is 14.6 Å². The highest BCUT2D eigenvalue weighted by Gasteiger charge is 2.02. The number of hydrogen-bond acceptors (Lipinski definition) is 3. The fourth-order valence-electron chi connectivity index (χ4n) is 1.22. The second kappa shape index (κ2) is 8.08. The zero-order chi connectivity index (χ0) is 12.5. The summed E-state index contributed by atoms with van der Waals surface area (Å²) in [5.41, 5.74) is 0. The molecule has 0 fully saturated rings. The maximum Gasteiger partial charge on any atom is 0.257 e. The molecule has 17 heavy (non-hydrogen) atoms. The monoisotopic (exact) mass is 301 g/mol. The standard InChI is InChI=1S/C12H16BrNO3/c13-10-4-3-5-11(8-10)17-9-12(16)14-6-1-2-7-15/h3-5,8,15H,1-2,6-7,9H2,(H,14,16). The van der Waals surface area contributed by atoms with Crippen molar-refractivity contribution >= 4 is 21.8 Å². The van der Waals surface area contributed by atoms with Gasteiger partial charge in [0, 0.05) is 17.6 Å². The second-order valence-corrected chi connectivity index (χ2v) is 4.44. The highest BCUT2D eigenvalue weighted by Crippen LogP contribution is 2.17. The lowest BCUT2D eigenvalue weighted by molar-refractivity contribution is -0.123. The van der Waals surface area contributed by atoms with E-state index in [0.29, 0.717) is 18.7 Å². The van der Waals surface area contributed by atoms with E-state index in [1.807, 2.05) is 12.1 Å². The first-order valence-corrected chi connectivity index (χ1v) is 6.27. The Kier molecular flexibility index (Phi) is 6.65. The molecule has 1 aromatic rings. The largest absolute Gasteiger partial charge is 0.484 e. The van der Waals surface area contributed by atoms with Crippen molar-refractivity contribution in [2.45, 2.75) is 12.8 Å². The molecule has 0 saturated carbocycles. The number of ether oxygens (including phenoxy) is 1. The maximum absolute atomic E-state index is 11.4. The molecule has 0 unspecified atom stereocenters. The fraction of sp³-hybridized carbons (Fsp3) is 0.417. The number of aliphatic hydroxyl groups is 1. The van der Waals surface area contributed by atoms with Crippen LogP contribution >= 0.6 is 15.9 Å². The average molecular weight is 302 g/mol.